The van der Waals surface area contributed by atoms with Gasteiger partial charge in [-0.3, -0.25) is 4.79 Å². The SMILES string of the molecule is NC=C(C(=O)c1c[nH]c2ncccc12)c1ccccc1. The van der Waals surface area contributed by atoms with Crippen molar-refractivity contribution in [2.45, 2.75) is 0 Å². The zero-order valence-corrected chi connectivity index (χ0v) is 10.7. The van der Waals surface area contributed by atoms with E-state index in [-0.39, 0.29) is 5.78 Å². The lowest BCUT2D eigenvalue weighted by atomic mass is 9.98. The number of nitrogens with zero attached hydrogens (tertiary/aromatic N) is 1. The van der Waals surface area contributed by atoms with Gasteiger partial charge in [-0.25, -0.2) is 4.98 Å². The number of aromatic nitrogens is 2. The first-order valence-electron chi connectivity index (χ1n) is 6.25. The van der Waals surface area contributed by atoms with E-state index in [1.807, 2.05) is 36.4 Å². The molecule has 0 atom stereocenters. The molecule has 2 heterocycles. The standard InChI is InChI=1S/C16H13N3O/c17-9-13(11-5-2-1-3-6-11)15(20)14-10-19-16-12(14)7-4-8-18-16/h1-10H,17H2,(H,18,19). The van der Waals surface area contributed by atoms with Crippen molar-refractivity contribution in [1.82, 2.24) is 9.97 Å². The van der Waals surface area contributed by atoms with Crippen LogP contribution in [0.2, 0.25) is 0 Å². The summed E-state index contributed by atoms with van der Waals surface area (Å²) >= 11 is 0. The largest absolute Gasteiger partial charge is 0.404 e. The van der Waals surface area contributed by atoms with Crippen LogP contribution in [0.15, 0.2) is 61.1 Å². The van der Waals surface area contributed by atoms with Gasteiger partial charge >= 0.3 is 0 Å². The molecule has 4 heteroatoms. The topological polar surface area (TPSA) is 71.8 Å². The Morgan fingerprint density at radius 1 is 1.15 bits per heavy atom. The number of hydrogen-bond acceptors (Lipinski definition) is 3. The minimum absolute atomic E-state index is 0.113. The van der Waals surface area contributed by atoms with Gasteiger partial charge < -0.3 is 10.7 Å². The number of aromatic amines is 1. The van der Waals surface area contributed by atoms with Crippen molar-refractivity contribution in [3.8, 4) is 0 Å². The maximum Gasteiger partial charge on any atom is 0.197 e. The van der Waals surface area contributed by atoms with Crippen molar-refractivity contribution in [2.75, 3.05) is 0 Å². The monoisotopic (exact) mass is 263 g/mol. The highest BCUT2D eigenvalue weighted by Crippen LogP contribution is 2.23. The van der Waals surface area contributed by atoms with Gasteiger partial charge in [-0.05, 0) is 17.7 Å². The van der Waals surface area contributed by atoms with Gasteiger partial charge in [-0.15, -0.1) is 0 Å². The van der Waals surface area contributed by atoms with Crippen LogP contribution in [0, 0.1) is 0 Å². The van der Waals surface area contributed by atoms with E-state index in [4.69, 9.17) is 5.73 Å². The number of H-pyrrole nitrogens is 1. The van der Waals surface area contributed by atoms with Crippen molar-refractivity contribution in [2.24, 2.45) is 5.73 Å². The fourth-order valence-electron chi connectivity index (χ4n) is 2.21. The maximum atomic E-state index is 12.7. The van der Waals surface area contributed by atoms with Crippen molar-refractivity contribution >= 4 is 22.4 Å². The predicted molar refractivity (Wildman–Crippen MR) is 79.0 cm³/mol. The normalized spacial score (nSPS) is 11.7. The number of nitrogens with two attached hydrogens (primary N) is 1. The molecule has 0 saturated carbocycles. The number of Topliss-reactive ketones (excluding diaryl/α,β-unsaturated/α-hetero) is 1. The number of ketones is 1. The number of pyridine rings is 1. The number of benzene rings is 1. The average Bonchev–Trinajstić information content (AvgIpc) is 2.93. The third kappa shape index (κ3) is 1.97. The zero-order chi connectivity index (χ0) is 13.9. The van der Waals surface area contributed by atoms with Gasteiger partial charge in [0.05, 0.1) is 0 Å². The van der Waals surface area contributed by atoms with Crippen LogP contribution in [0.3, 0.4) is 0 Å². The van der Waals surface area contributed by atoms with Crippen LogP contribution in [-0.2, 0) is 0 Å². The van der Waals surface area contributed by atoms with E-state index < -0.39 is 0 Å². The summed E-state index contributed by atoms with van der Waals surface area (Å²) in [5, 5.41) is 0.799. The summed E-state index contributed by atoms with van der Waals surface area (Å²) in [7, 11) is 0. The van der Waals surface area contributed by atoms with Crippen LogP contribution in [0.25, 0.3) is 16.6 Å². The minimum atomic E-state index is -0.113. The maximum absolute atomic E-state index is 12.7. The van der Waals surface area contributed by atoms with Crippen molar-refractivity contribution in [3.63, 3.8) is 0 Å². The lowest BCUT2D eigenvalue weighted by Crippen LogP contribution is -2.04. The van der Waals surface area contributed by atoms with Crippen LogP contribution in [0.1, 0.15) is 15.9 Å². The summed E-state index contributed by atoms with van der Waals surface area (Å²) < 4.78 is 0. The summed E-state index contributed by atoms with van der Waals surface area (Å²) in [6.45, 7) is 0. The smallest absolute Gasteiger partial charge is 0.197 e. The predicted octanol–water partition coefficient (Wildman–Crippen LogP) is 2.75. The molecule has 1 aromatic carbocycles. The summed E-state index contributed by atoms with van der Waals surface area (Å²) in [6, 6.07) is 13.1. The molecule has 0 aliphatic rings. The molecule has 0 amide bonds. The fraction of sp³-hybridized carbons (Fsp3) is 0. The van der Waals surface area contributed by atoms with E-state index in [9.17, 15) is 4.79 Å². The van der Waals surface area contributed by atoms with Gasteiger partial charge in [0.1, 0.15) is 5.65 Å². The van der Waals surface area contributed by atoms with Crippen molar-refractivity contribution in [3.05, 3.63) is 72.2 Å². The molecule has 0 spiro atoms. The molecular formula is C16H13N3O. The lowest BCUT2D eigenvalue weighted by molar-refractivity contribution is 0.105. The van der Waals surface area contributed by atoms with Crippen LogP contribution in [-0.4, -0.2) is 15.8 Å². The Balaban J connectivity index is 2.08. The molecule has 20 heavy (non-hydrogen) atoms. The van der Waals surface area contributed by atoms with Gasteiger partial charge in [-0.1, -0.05) is 30.3 Å². The highest BCUT2D eigenvalue weighted by Gasteiger charge is 2.17. The Morgan fingerprint density at radius 2 is 1.95 bits per heavy atom. The van der Waals surface area contributed by atoms with Gasteiger partial charge in [0.15, 0.2) is 5.78 Å². The second kappa shape index (κ2) is 5.01. The molecule has 3 N–H and O–H groups in total. The number of carbonyl (C=O) groups is 1. The molecule has 0 aliphatic heterocycles. The summed E-state index contributed by atoms with van der Waals surface area (Å²) in [4.78, 5) is 19.8. The van der Waals surface area contributed by atoms with E-state index in [1.165, 1.54) is 6.20 Å². The molecule has 4 nitrogen and oxygen atoms in total. The number of hydrogen-bond donors (Lipinski definition) is 2. The van der Waals surface area contributed by atoms with E-state index in [0.717, 1.165) is 10.9 Å². The van der Waals surface area contributed by atoms with E-state index in [2.05, 4.69) is 9.97 Å². The first-order chi connectivity index (χ1) is 9.81. The number of carbonyl (C=O) groups excluding carboxylic acids is 1. The molecule has 3 rings (SSSR count). The van der Waals surface area contributed by atoms with Gasteiger partial charge in [0, 0.05) is 35.1 Å². The Bertz CT molecular complexity index is 788. The van der Waals surface area contributed by atoms with E-state index >= 15 is 0 Å². The minimum Gasteiger partial charge on any atom is -0.404 e. The Hall–Kier alpha value is -2.88. The first-order valence-corrected chi connectivity index (χ1v) is 6.25. The molecule has 3 aromatic rings. The van der Waals surface area contributed by atoms with Crippen LogP contribution >= 0.6 is 0 Å². The third-order valence-electron chi connectivity index (χ3n) is 3.19. The van der Waals surface area contributed by atoms with Crippen LogP contribution in [0.5, 0.6) is 0 Å². The summed E-state index contributed by atoms with van der Waals surface area (Å²) in [5.74, 6) is -0.113. The van der Waals surface area contributed by atoms with E-state index in [0.29, 0.717) is 16.8 Å². The Labute approximate surface area is 116 Å². The number of nitrogens with one attached hydrogen (secondary N) is 1. The number of allylic oxidation sites excluding steroid dienone is 1. The summed E-state index contributed by atoms with van der Waals surface area (Å²) in [6.07, 6.45) is 4.71. The number of fused-ring (bicyclic) bond motifs is 1. The first kappa shape index (κ1) is 12.2. The molecule has 0 aliphatic carbocycles. The quantitative estimate of drug-likeness (QED) is 0.563. The van der Waals surface area contributed by atoms with Gasteiger partial charge in [0.2, 0.25) is 0 Å². The molecule has 0 radical (unpaired) electrons. The molecule has 0 saturated heterocycles. The second-order valence-electron chi connectivity index (χ2n) is 4.38. The number of rotatable bonds is 3. The van der Waals surface area contributed by atoms with E-state index in [1.54, 1.807) is 18.5 Å². The molecule has 98 valence electrons. The molecule has 0 fully saturated rings. The van der Waals surface area contributed by atoms with Gasteiger partial charge in [-0.2, -0.15) is 0 Å². The zero-order valence-electron chi connectivity index (χ0n) is 10.7. The van der Waals surface area contributed by atoms with Crippen LogP contribution < -0.4 is 5.73 Å². The molecule has 0 bridgehead atoms. The third-order valence-corrected chi connectivity index (χ3v) is 3.19. The van der Waals surface area contributed by atoms with Crippen molar-refractivity contribution in [1.29, 1.82) is 0 Å². The highest BCUT2D eigenvalue weighted by atomic mass is 16.1. The fourth-order valence-corrected chi connectivity index (χ4v) is 2.21. The molecule has 2 aromatic heterocycles. The second-order valence-corrected chi connectivity index (χ2v) is 4.38. The molecular weight excluding hydrogens is 250 g/mol. The van der Waals surface area contributed by atoms with Crippen molar-refractivity contribution < 1.29 is 4.79 Å². The lowest BCUT2D eigenvalue weighted by Gasteiger charge is -2.05. The molecule has 0 unspecified atom stereocenters. The average molecular weight is 263 g/mol. The van der Waals surface area contributed by atoms with Crippen LogP contribution in [0.4, 0.5) is 0 Å². The Kier molecular flexibility index (Phi) is 3.05. The summed E-state index contributed by atoms with van der Waals surface area (Å²) in [5.41, 5.74) is 8.21. The van der Waals surface area contributed by atoms with Gasteiger partial charge in [0.25, 0.3) is 0 Å². The Morgan fingerprint density at radius 3 is 2.70 bits per heavy atom. The highest BCUT2D eigenvalue weighted by molar-refractivity contribution is 6.32.